The summed E-state index contributed by atoms with van der Waals surface area (Å²) >= 11 is 5.94. The highest BCUT2D eigenvalue weighted by molar-refractivity contribution is 7.92. The van der Waals surface area contributed by atoms with Crippen LogP contribution >= 0.6 is 11.6 Å². The second-order valence-electron chi connectivity index (χ2n) is 5.66. The maximum atomic E-state index is 13.0. The van der Waals surface area contributed by atoms with Crippen LogP contribution in [0.1, 0.15) is 16.1 Å². The monoisotopic (exact) mass is 405 g/mol. The quantitative estimate of drug-likeness (QED) is 0.657. The van der Waals surface area contributed by atoms with Crippen LogP contribution in [0.5, 0.6) is 0 Å². The number of para-hydroxylation sites is 1. The van der Waals surface area contributed by atoms with Gasteiger partial charge in [0.2, 0.25) is 0 Å². The van der Waals surface area contributed by atoms with Crippen LogP contribution in [0.3, 0.4) is 0 Å². The molecule has 0 unspecified atom stereocenters. The van der Waals surface area contributed by atoms with Crippen molar-refractivity contribution in [3.8, 4) is 5.69 Å². The normalized spacial score (nSPS) is 11.2. The average molecular weight is 406 g/mol. The van der Waals surface area contributed by atoms with Gasteiger partial charge in [0.25, 0.3) is 10.0 Å². The number of sulfonamides is 1. The Hall–Kier alpha value is -2.84. The first-order valence-corrected chi connectivity index (χ1v) is 9.71. The van der Waals surface area contributed by atoms with Crippen LogP contribution in [-0.2, 0) is 14.8 Å². The Bertz CT molecular complexity index is 1100. The minimum absolute atomic E-state index is 0.114. The Morgan fingerprint density at radius 1 is 1.15 bits per heavy atom. The van der Waals surface area contributed by atoms with E-state index in [4.69, 9.17) is 11.6 Å². The van der Waals surface area contributed by atoms with Crippen molar-refractivity contribution in [3.63, 3.8) is 0 Å². The average Bonchev–Trinajstić information content (AvgIpc) is 3.01. The molecule has 0 amide bonds. The minimum Gasteiger partial charge on any atom is -0.465 e. The van der Waals surface area contributed by atoms with E-state index in [9.17, 15) is 13.2 Å². The van der Waals surface area contributed by atoms with E-state index in [1.165, 1.54) is 30.0 Å². The Morgan fingerprint density at radius 2 is 1.85 bits per heavy atom. The lowest BCUT2D eigenvalue weighted by molar-refractivity contribution is 0.0596. The fourth-order valence-electron chi connectivity index (χ4n) is 2.53. The molecule has 2 aromatic carbocycles. The molecule has 0 fully saturated rings. The van der Waals surface area contributed by atoms with E-state index >= 15 is 0 Å². The van der Waals surface area contributed by atoms with E-state index in [1.807, 2.05) is 18.2 Å². The highest BCUT2D eigenvalue weighted by Gasteiger charge is 2.25. The largest absolute Gasteiger partial charge is 0.465 e. The molecule has 3 aromatic rings. The molecule has 0 spiro atoms. The number of anilines is 1. The molecule has 9 heteroatoms. The lowest BCUT2D eigenvalue weighted by Gasteiger charge is -2.13. The summed E-state index contributed by atoms with van der Waals surface area (Å²) in [6.45, 7) is 1.75. The van der Waals surface area contributed by atoms with Gasteiger partial charge in [-0.1, -0.05) is 29.8 Å². The number of carbonyl (C=O) groups is 1. The van der Waals surface area contributed by atoms with Crippen LogP contribution in [0.2, 0.25) is 5.02 Å². The summed E-state index contributed by atoms with van der Waals surface area (Å²) in [5.74, 6) is -0.547. The second-order valence-corrected chi connectivity index (χ2v) is 7.74. The predicted molar refractivity (Wildman–Crippen MR) is 102 cm³/mol. The lowest BCUT2D eigenvalue weighted by atomic mass is 10.2. The number of nitrogens with zero attached hydrogens (tertiary/aromatic N) is 2. The van der Waals surface area contributed by atoms with E-state index < -0.39 is 16.0 Å². The smallest absolute Gasteiger partial charge is 0.339 e. The van der Waals surface area contributed by atoms with Crippen molar-refractivity contribution in [1.29, 1.82) is 0 Å². The van der Waals surface area contributed by atoms with Crippen LogP contribution in [0.4, 0.5) is 5.82 Å². The van der Waals surface area contributed by atoms with Gasteiger partial charge in [-0.15, -0.1) is 0 Å². The fraction of sp³-hybridized carbons (Fsp3) is 0.111. The van der Waals surface area contributed by atoms with E-state index in [2.05, 4.69) is 14.6 Å². The van der Waals surface area contributed by atoms with Crippen molar-refractivity contribution in [1.82, 2.24) is 9.78 Å². The third kappa shape index (κ3) is 3.96. The van der Waals surface area contributed by atoms with Crippen LogP contribution < -0.4 is 4.72 Å². The Labute approximate surface area is 161 Å². The molecule has 0 saturated carbocycles. The number of ether oxygens (including phenoxy) is 1. The summed E-state index contributed by atoms with van der Waals surface area (Å²) in [7, 11) is -2.96. The first-order valence-electron chi connectivity index (χ1n) is 7.84. The molecule has 140 valence electrons. The number of aryl methyl sites for hydroxylation is 1. The second kappa shape index (κ2) is 7.42. The molecule has 27 heavy (non-hydrogen) atoms. The topological polar surface area (TPSA) is 90.3 Å². The lowest BCUT2D eigenvalue weighted by Crippen LogP contribution is -2.19. The van der Waals surface area contributed by atoms with Crippen LogP contribution in [-0.4, -0.2) is 31.3 Å². The zero-order chi connectivity index (χ0) is 19.6. The molecule has 0 saturated heterocycles. The predicted octanol–water partition coefficient (Wildman–Crippen LogP) is 3.42. The van der Waals surface area contributed by atoms with Gasteiger partial charge in [-0.05, 0) is 37.3 Å². The first kappa shape index (κ1) is 18.9. The van der Waals surface area contributed by atoms with Gasteiger partial charge in [0, 0.05) is 11.1 Å². The molecular weight excluding hydrogens is 390 g/mol. The number of hydrogen-bond acceptors (Lipinski definition) is 5. The molecule has 0 aliphatic rings. The summed E-state index contributed by atoms with van der Waals surface area (Å²) in [6.07, 6.45) is 0. The van der Waals surface area contributed by atoms with Crippen molar-refractivity contribution in [3.05, 3.63) is 70.9 Å². The van der Waals surface area contributed by atoms with Gasteiger partial charge < -0.3 is 4.74 Å². The molecule has 1 aromatic heterocycles. The molecule has 0 aliphatic carbocycles. The zero-order valence-corrected chi connectivity index (χ0v) is 16.1. The number of nitrogens with one attached hydrogen (secondary N) is 1. The Balaban J connectivity index is 2.07. The van der Waals surface area contributed by atoms with E-state index in [1.54, 1.807) is 25.1 Å². The third-order valence-electron chi connectivity index (χ3n) is 3.71. The maximum Gasteiger partial charge on any atom is 0.339 e. The van der Waals surface area contributed by atoms with Crippen LogP contribution in [0, 0.1) is 6.92 Å². The summed E-state index contributed by atoms with van der Waals surface area (Å²) in [4.78, 5) is 11.7. The summed E-state index contributed by atoms with van der Waals surface area (Å²) < 4.78 is 34.5. The molecule has 0 radical (unpaired) electrons. The molecule has 7 nitrogen and oxygen atoms in total. The first-order chi connectivity index (χ1) is 12.8. The van der Waals surface area contributed by atoms with Gasteiger partial charge in [-0.2, -0.15) is 5.10 Å². The van der Waals surface area contributed by atoms with Gasteiger partial charge in [0.15, 0.2) is 0 Å². The molecule has 0 atom stereocenters. The standard InChI is InChI=1S/C18H16ClN3O4S/c1-12-10-17(22(20-12)14-6-4-3-5-7-14)21-27(24,25)16-11-13(19)8-9-15(16)18(23)26-2/h3-11,21H,1-2H3. The van der Waals surface area contributed by atoms with Crippen molar-refractivity contribution in [2.45, 2.75) is 11.8 Å². The summed E-state index contributed by atoms with van der Waals surface area (Å²) in [5.41, 5.74) is 1.19. The van der Waals surface area contributed by atoms with E-state index in [-0.39, 0.29) is 21.3 Å². The van der Waals surface area contributed by atoms with E-state index in [0.717, 1.165) is 0 Å². The maximum absolute atomic E-state index is 13.0. The van der Waals surface area contributed by atoms with E-state index in [0.29, 0.717) is 11.4 Å². The SMILES string of the molecule is COC(=O)c1ccc(Cl)cc1S(=O)(=O)Nc1cc(C)nn1-c1ccccc1. The van der Waals surface area contributed by atoms with Crippen LogP contribution in [0.25, 0.3) is 5.69 Å². The number of methoxy groups -OCH3 is 1. The van der Waals surface area contributed by atoms with Gasteiger partial charge in [0.05, 0.1) is 24.1 Å². The molecule has 0 bridgehead atoms. The van der Waals surface area contributed by atoms with Crippen molar-refractivity contribution in [2.24, 2.45) is 0 Å². The minimum atomic E-state index is -4.13. The fourth-order valence-corrected chi connectivity index (χ4v) is 4.02. The Morgan fingerprint density at radius 3 is 2.52 bits per heavy atom. The van der Waals surface area contributed by atoms with Crippen molar-refractivity contribution >= 4 is 33.4 Å². The van der Waals surface area contributed by atoms with Gasteiger partial charge in [-0.25, -0.2) is 17.9 Å². The summed E-state index contributed by atoms with van der Waals surface area (Å²) in [6, 6.07) is 14.6. The Kier molecular flexibility index (Phi) is 5.20. The number of benzene rings is 2. The molecule has 0 aliphatic heterocycles. The highest BCUT2D eigenvalue weighted by Crippen LogP contribution is 2.25. The molecule has 1 N–H and O–H groups in total. The van der Waals surface area contributed by atoms with Gasteiger partial charge in [-0.3, -0.25) is 4.72 Å². The number of aromatic nitrogens is 2. The van der Waals surface area contributed by atoms with Gasteiger partial charge >= 0.3 is 5.97 Å². The number of carbonyl (C=O) groups excluding carboxylic acids is 1. The molecule has 3 rings (SSSR count). The number of rotatable bonds is 5. The summed E-state index contributed by atoms with van der Waals surface area (Å²) in [5, 5.41) is 4.50. The number of halogens is 1. The third-order valence-corrected chi connectivity index (χ3v) is 5.34. The highest BCUT2D eigenvalue weighted by atomic mass is 35.5. The molecule has 1 heterocycles. The number of hydrogen-bond donors (Lipinski definition) is 1. The number of esters is 1. The molecular formula is C18H16ClN3O4S. The van der Waals surface area contributed by atoms with Crippen LogP contribution in [0.15, 0.2) is 59.5 Å². The van der Waals surface area contributed by atoms with Crippen molar-refractivity contribution in [2.75, 3.05) is 11.8 Å². The van der Waals surface area contributed by atoms with Crippen molar-refractivity contribution < 1.29 is 17.9 Å². The van der Waals surface area contributed by atoms with Gasteiger partial charge in [0.1, 0.15) is 10.7 Å². The zero-order valence-electron chi connectivity index (χ0n) is 14.5.